The number of halogens is 3. The number of hydrogen-bond acceptors (Lipinski definition) is 4. The van der Waals surface area contributed by atoms with E-state index >= 15 is 0 Å². The van der Waals surface area contributed by atoms with Crippen molar-refractivity contribution in [3.8, 4) is 6.07 Å². The van der Waals surface area contributed by atoms with Crippen LogP contribution in [0, 0.1) is 21.4 Å². The van der Waals surface area contributed by atoms with E-state index in [1.54, 1.807) is 0 Å². The molecular formula is C7H2ClF2N3O2. The predicted octanol–water partition coefficient (Wildman–Crippen LogP) is 2.45. The van der Waals surface area contributed by atoms with Gasteiger partial charge in [-0.1, -0.05) is 11.6 Å². The Bertz CT molecular complexity index is 458. The van der Waals surface area contributed by atoms with Crippen molar-refractivity contribution in [1.29, 1.82) is 5.26 Å². The molecule has 0 fully saturated rings. The van der Waals surface area contributed by atoms with Crippen LogP contribution in [0.1, 0.15) is 17.6 Å². The Kier molecular flexibility index (Phi) is 3.11. The molecule has 0 saturated carbocycles. The second kappa shape index (κ2) is 4.14. The molecule has 0 spiro atoms. The maximum absolute atomic E-state index is 12.4. The molecule has 1 heterocycles. The minimum absolute atomic E-state index is 0.466. The van der Waals surface area contributed by atoms with Gasteiger partial charge in [0.2, 0.25) is 0 Å². The van der Waals surface area contributed by atoms with Gasteiger partial charge in [-0.15, -0.1) is 0 Å². The van der Waals surface area contributed by atoms with E-state index in [0.29, 0.717) is 0 Å². The van der Waals surface area contributed by atoms with Crippen LogP contribution < -0.4 is 0 Å². The van der Waals surface area contributed by atoms with Crippen molar-refractivity contribution in [2.24, 2.45) is 0 Å². The van der Waals surface area contributed by atoms with E-state index in [0.717, 1.165) is 6.20 Å². The highest BCUT2D eigenvalue weighted by atomic mass is 35.5. The van der Waals surface area contributed by atoms with Crippen LogP contribution in [-0.4, -0.2) is 9.91 Å². The van der Waals surface area contributed by atoms with Crippen LogP contribution in [0.25, 0.3) is 0 Å². The normalized spacial score (nSPS) is 10.1. The Morgan fingerprint density at radius 1 is 1.67 bits per heavy atom. The molecule has 0 aliphatic rings. The van der Waals surface area contributed by atoms with Crippen molar-refractivity contribution in [2.45, 2.75) is 6.43 Å². The largest absolute Gasteiger partial charge is 0.382 e. The highest BCUT2D eigenvalue weighted by Gasteiger charge is 2.27. The van der Waals surface area contributed by atoms with Crippen molar-refractivity contribution in [3.05, 3.63) is 32.5 Å². The van der Waals surface area contributed by atoms with Crippen LogP contribution in [0.4, 0.5) is 14.6 Å². The summed E-state index contributed by atoms with van der Waals surface area (Å²) >= 11 is 5.36. The summed E-state index contributed by atoms with van der Waals surface area (Å²) in [5.74, 6) is -0.919. The summed E-state index contributed by atoms with van der Waals surface area (Å²) < 4.78 is 24.9. The zero-order chi connectivity index (χ0) is 11.6. The first kappa shape index (κ1) is 11.3. The van der Waals surface area contributed by atoms with Crippen LogP contribution >= 0.6 is 11.6 Å². The summed E-state index contributed by atoms with van der Waals surface area (Å²) in [5, 5.41) is 18.4. The molecule has 0 unspecified atom stereocenters. The first-order valence-corrected chi connectivity index (χ1v) is 3.87. The standard InChI is InChI=1S/C7H2ClF2N3O2/c8-4-2-12-7(13(14)15)3(1-11)5(4)6(9)10/h2,6H. The average Bonchev–Trinajstić information content (AvgIpc) is 2.15. The molecule has 1 aromatic rings. The van der Waals surface area contributed by atoms with Crippen LogP contribution in [0.3, 0.4) is 0 Å². The van der Waals surface area contributed by atoms with Crippen LogP contribution in [0.2, 0.25) is 5.02 Å². The van der Waals surface area contributed by atoms with E-state index < -0.39 is 33.3 Å². The molecule has 1 rings (SSSR count). The molecule has 0 amide bonds. The predicted molar refractivity (Wildman–Crippen MR) is 45.6 cm³/mol. The molecule has 78 valence electrons. The molecule has 0 radical (unpaired) electrons. The van der Waals surface area contributed by atoms with Gasteiger partial charge in [-0.25, -0.2) is 8.78 Å². The van der Waals surface area contributed by atoms with Gasteiger partial charge in [-0.05, 0) is 9.91 Å². The number of hydrogen-bond donors (Lipinski definition) is 0. The maximum atomic E-state index is 12.4. The number of rotatable bonds is 2. The number of nitrogens with zero attached hydrogens (tertiary/aromatic N) is 3. The summed E-state index contributed by atoms with van der Waals surface area (Å²) in [6.07, 6.45) is -2.34. The highest BCUT2D eigenvalue weighted by molar-refractivity contribution is 6.31. The average molecular weight is 234 g/mol. The Morgan fingerprint density at radius 3 is 2.67 bits per heavy atom. The zero-order valence-electron chi connectivity index (χ0n) is 6.95. The quantitative estimate of drug-likeness (QED) is 0.580. The fraction of sp³-hybridized carbons (Fsp3) is 0.143. The van der Waals surface area contributed by atoms with Gasteiger partial charge >= 0.3 is 5.82 Å². The summed E-state index contributed by atoms with van der Waals surface area (Å²) in [6.45, 7) is 0. The van der Waals surface area contributed by atoms with Crippen molar-refractivity contribution < 1.29 is 13.7 Å². The first-order valence-electron chi connectivity index (χ1n) is 3.50. The summed E-state index contributed by atoms with van der Waals surface area (Å²) in [5.41, 5.74) is -1.66. The molecule has 1 aromatic heterocycles. The molecule has 8 heteroatoms. The second-order valence-corrected chi connectivity index (χ2v) is 2.80. The first-order chi connectivity index (χ1) is 6.99. The third-order valence-corrected chi connectivity index (χ3v) is 1.85. The molecule has 0 atom stereocenters. The fourth-order valence-electron chi connectivity index (χ4n) is 0.954. The van der Waals surface area contributed by atoms with Gasteiger partial charge in [0.25, 0.3) is 6.43 Å². The molecule has 0 N–H and O–H groups in total. The molecule has 0 bridgehead atoms. The maximum Gasteiger partial charge on any atom is 0.382 e. The Labute approximate surface area is 87.1 Å². The lowest BCUT2D eigenvalue weighted by Crippen LogP contribution is -2.01. The monoisotopic (exact) mass is 233 g/mol. The summed E-state index contributed by atoms with van der Waals surface area (Å²) in [7, 11) is 0. The SMILES string of the molecule is N#Cc1c([N+](=O)[O-])ncc(Cl)c1C(F)F. The van der Waals surface area contributed by atoms with Crippen LogP contribution in [0.15, 0.2) is 6.20 Å². The summed E-state index contributed by atoms with van der Waals surface area (Å²) in [6, 6.07) is 1.30. The van der Waals surface area contributed by atoms with Gasteiger partial charge in [0, 0.05) is 0 Å². The fourth-order valence-corrected chi connectivity index (χ4v) is 1.18. The molecule has 5 nitrogen and oxygen atoms in total. The molecule has 0 aliphatic heterocycles. The second-order valence-electron chi connectivity index (χ2n) is 2.39. The number of aromatic nitrogens is 1. The highest BCUT2D eigenvalue weighted by Crippen LogP contribution is 2.33. The minimum Gasteiger partial charge on any atom is -0.358 e. The van der Waals surface area contributed by atoms with E-state index in [-0.39, 0.29) is 0 Å². The van der Waals surface area contributed by atoms with E-state index in [1.807, 2.05) is 0 Å². The molecule has 15 heavy (non-hydrogen) atoms. The van der Waals surface area contributed by atoms with Crippen molar-refractivity contribution in [2.75, 3.05) is 0 Å². The molecule has 0 aromatic carbocycles. The van der Waals surface area contributed by atoms with Crippen molar-refractivity contribution in [1.82, 2.24) is 4.98 Å². The lowest BCUT2D eigenvalue weighted by Gasteiger charge is -2.03. The van der Waals surface area contributed by atoms with E-state index in [2.05, 4.69) is 4.98 Å². The molecule has 0 saturated heterocycles. The van der Waals surface area contributed by atoms with Crippen molar-refractivity contribution in [3.63, 3.8) is 0 Å². The zero-order valence-corrected chi connectivity index (χ0v) is 7.70. The smallest absolute Gasteiger partial charge is 0.358 e. The Morgan fingerprint density at radius 2 is 2.27 bits per heavy atom. The summed E-state index contributed by atoms with van der Waals surface area (Å²) in [4.78, 5) is 12.6. The third kappa shape index (κ3) is 1.99. The third-order valence-electron chi connectivity index (χ3n) is 1.55. The minimum atomic E-state index is -3.06. The van der Waals surface area contributed by atoms with E-state index in [1.165, 1.54) is 6.07 Å². The van der Waals surface area contributed by atoms with E-state index in [9.17, 15) is 18.9 Å². The lowest BCUT2D eigenvalue weighted by molar-refractivity contribution is -0.389. The lowest BCUT2D eigenvalue weighted by atomic mass is 10.1. The van der Waals surface area contributed by atoms with Gasteiger partial charge in [-0.2, -0.15) is 5.26 Å². The topological polar surface area (TPSA) is 79.8 Å². The van der Waals surface area contributed by atoms with Crippen molar-refractivity contribution >= 4 is 17.4 Å². The van der Waals surface area contributed by atoms with Crippen LogP contribution in [0.5, 0.6) is 0 Å². The van der Waals surface area contributed by atoms with Gasteiger partial charge in [0.15, 0.2) is 11.8 Å². The van der Waals surface area contributed by atoms with Crippen LogP contribution in [-0.2, 0) is 0 Å². The van der Waals surface area contributed by atoms with Gasteiger partial charge < -0.3 is 10.1 Å². The Hall–Kier alpha value is -1.81. The van der Waals surface area contributed by atoms with Gasteiger partial charge in [0.1, 0.15) is 6.07 Å². The Balaban J connectivity index is 3.56. The van der Waals surface area contributed by atoms with Gasteiger partial charge in [0.05, 0.1) is 10.6 Å². The number of alkyl halides is 2. The number of nitro groups is 1. The number of nitriles is 1. The number of pyridine rings is 1. The van der Waals surface area contributed by atoms with E-state index in [4.69, 9.17) is 16.9 Å². The molecular weight excluding hydrogens is 232 g/mol. The van der Waals surface area contributed by atoms with Gasteiger partial charge in [-0.3, -0.25) is 0 Å². The molecule has 0 aliphatic carbocycles.